The standard InChI is InChI=1S/C29H23OP/c1-29(2)24-17-9-6-14-21(24)27-22-15-7-10-18-25(22)31(30,20-12-4-3-5-13-20)26-19-11-8-16-23(26)28(27)29/h3-19H,1-2H3. The molecule has 0 aromatic heterocycles. The van der Waals surface area contributed by atoms with Crippen LogP contribution in [0.4, 0.5) is 0 Å². The molecular weight excluding hydrogens is 395 g/mol. The Morgan fingerprint density at radius 1 is 0.581 bits per heavy atom. The third-order valence-electron chi connectivity index (χ3n) is 6.89. The second-order valence-electron chi connectivity index (χ2n) is 8.90. The maximum absolute atomic E-state index is 15.2. The Kier molecular flexibility index (Phi) is 3.86. The van der Waals surface area contributed by atoms with Crippen molar-refractivity contribution in [2.75, 3.05) is 0 Å². The molecule has 150 valence electrons. The Bertz CT molecular complexity index is 1430. The van der Waals surface area contributed by atoms with Crippen molar-refractivity contribution in [3.05, 3.63) is 125 Å². The molecule has 1 aliphatic heterocycles. The van der Waals surface area contributed by atoms with Gasteiger partial charge in [-0.05, 0) is 33.4 Å². The van der Waals surface area contributed by atoms with Crippen LogP contribution >= 0.6 is 7.14 Å². The van der Waals surface area contributed by atoms with Crippen molar-refractivity contribution in [1.82, 2.24) is 0 Å². The van der Waals surface area contributed by atoms with Gasteiger partial charge in [-0.3, -0.25) is 0 Å². The summed E-state index contributed by atoms with van der Waals surface area (Å²) in [6, 6.07) is 35.4. The van der Waals surface area contributed by atoms with E-state index in [0.717, 1.165) is 27.0 Å². The fourth-order valence-corrected chi connectivity index (χ4v) is 8.60. The fraction of sp³-hybridized carbons (Fsp3) is 0.103. The van der Waals surface area contributed by atoms with E-state index in [4.69, 9.17) is 0 Å². The molecule has 0 fully saturated rings. The third kappa shape index (κ3) is 2.36. The van der Waals surface area contributed by atoms with Crippen LogP contribution in [0.25, 0.3) is 11.1 Å². The zero-order valence-electron chi connectivity index (χ0n) is 17.7. The highest BCUT2D eigenvalue weighted by atomic mass is 31.2. The zero-order chi connectivity index (χ0) is 21.2. The van der Waals surface area contributed by atoms with E-state index in [-0.39, 0.29) is 5.41 Å². The van der Waals surface area contributed by atoms with Gasteiger partial charge in [0.15, 0.2) is 7.14 Å². The molecule has 1 unspecified atom stereocenters. The molecule has 4 aromatic carbocycles. The number of hydrogen-bond donors (Lipinski definition) is 0. The molecule has 0 spiro atoms. The first kappa shape index (κ1) is 18.6. The van der Waals surface area contributed by atoms with Crippen molar-refractivity contribution < 1.29 is 4.57 Å². The third-order valence-corrected chi connectivity index (χ3v) is 10.1. The van der Waals surface area contributed by atoms with E-state index >= 15 is 4.57 Å². The van der Waals surface area contributed by atoms with E-state index < -0.39 is 7.14 Å². The van der Waals surface area contributed by atoms with Crippen LogP contribution in [-0.4, -0.2) is 0 Å². The summed E-state index contributed by atoms with van der Waals surface area (Å²) in [7, 11) is -3.05. The second kappa shape index (κ2) is 6.42. The predicted molar refractivity (Wildman–Crippen MR) is 131 cm³/mol. The Balaban J connectivity index is 1.83. The SMILES string of the molecule is CC1(C)C2=C(c3ccccc31)c1ccccc1P(=O)(c1ccccc1)c1ccccc12. The molecule has 0 saturated carbocycles. The van der Waals surface area contributed by atoms with E-state index in [0.29, 0.717) is 0 Å². The van der Waals surface area contributed by atoms with Crippen LogP contribution in [0.5, 0.6) is 0 Å². The summed E-state index contributed by atoms with van der Waals surface area (Å²) >= 11 is 0. The molecule has 0 amide bonds. The fourth-order valence-electron chi connectivity index (χ4n) is 5.54. The summed E-state index contributed by atoms with van der Waals surface area (Å²) < 4.78 is 15.2. The van der Waals surface area contributed by atoms with Crippen molar-refractivity contribution in [3.8, 4) is 0 Å². The normalized spacial score (nSPS) is 20.3. The van der Waals surface area contributed by atoms with Crippen molar-refractivity contribution in [2.45, 2.75) is 19.3 Å². The minimum atomic E-state index is -3.05. The number of allylic oxidation sites excluding steroid dienone is 1. The Morgan fingerprint density at radius 2 is 1.10 bits per heavy atom. The van der Waals surface area contributed by atoms with Crippen LogP contribution < -0.4 is 15.9 Å². The van der Waals surface area contributed by atoms with Crippen LogP contribution in [0, 0.1) is 0 Å². The zero-order valence-corrected chi connectivity index (χ0v) is 18.6. The highest BCUT2D eigenvalue weighted by molar-refractivity contribution is 7.85. The van der Waals surface area contributed by atoms with Gasteiger partial charge in [0.2, 0.25) is 0 Å². The molecule has 0 saturated heterocycles. The summed E-state index contributed by atoms with van der Waals surface area (Å²) in [5.74, 6) is 0. The van der Waals surface area contributed by atoms with Crippen molar-refractivity contribution in [1.29, 1.82) is 0 Å². The van der Waals surface area contributed by atoms with Gasteiger partial charge in [-0.2, -0.15) is 0 Å². The van der Waals surface area contributed by atoms with Gasteiger partial charge in [0, 0.05) is 21.3 Å². The predicted octanol–water partition coefficient (Wildman–Crippen LogP) is 5.89. The smallest absolute Gasteiger partial charge is 0.172 e. The number of hydrogen-bond acceptors (Lipinski definition) is 1. The lowest BCUT2D eigenvalue weighted by molar-refractivity contribution is 0.592. The van der Waals surface area contributed by atoms with Crippen LogP contribution in [-0.2, 0) is 9.98 Å². The molecule has 31 heavy (non-hydrogen) atoms. The lowest BCUT2D eigenvalue weighted by Gasteiger charge is -2.28. The van der Waals surface area contributed by atoms with E-state index in [1.54, 1.807) is 0 Å². The molecule has 1 atom stereocenters. The number of rotatable bonds is 1. The first-order valence-electron chi connectivity index (χ1n) is 10.7. The van der Waals surface area contributed by atoms with Crippen molar-refractivity contribution in [3.63, 3.8) is 0 Å². The summed E-state index contributed by atoms with van der Waals surface area (Å²) in [4.78, 5) is 0. The van der Waals surface area contributed by atoms with E-state index in [1.165, 1.54) is 22.3 Å². The maximum Gasteiger partial charge on any atom is 0.172 e. The highest BCUT2D eigenvalue weighted by Crippen LogP contribution is 2.58. The highest BCUT2D eigenvalue weighted by Gasteiger charge is 2.46. The summed E-state index contributed by atoms with van der Waals surface area (Å²) in [6.45, 7) is 4.60. The molecule has 1 heterocycles. The molecule has 0 bridgehead atoms. The summed E-state index contributed by atoms with van der Waals surface area (Å²) in [6.07, 6.45) is 0. The molecule has 0 radical (unpaired) electrons. The first-order valence-corrected chi connectivity index (χ1v) is 12.5. The molecule has 1 nitrogen and oxygen atoms in total. The lowest BCUT2D eigenvalue weighted by atomic mass is 9.78. The van der Waals surface area contributed by atoms with Gasteiger partial charge in [-0.15, -0.1) is 0 Å². The minimum Gasteiger partial charge on any atom is -0.309 e. The summed E-state index contributed by atoms with van der Waals surface area (Å²) in [5, 5.41) is 2.77. The van der Waals surface area contributed by atoms with Gasteiger partial charge in [0.25, 0.3) is 0 Å². The second-order valence-corrected chi connectivity index (χ2v) is 11.6. The quantitative estimate of drug-likeness (QED) is 0.352. The molecule has 2 heteroatoms. The molecule has 6 rings (SSSR count). The minimum absolute atomic E-state index is 0.180. The Morgan fingerprint density at radius 3 is 1.81 bits per heavy atom. The van der Waals surface area contributed by atoms with Crippen LogP contribution in [0.15, 0.2) is 103 Å². The largest absolute Gasteiger partial charge is 0.309 e. The van der Waals surface area contributed by atoms with Gasteiger partial charge in [-0.25, -0.2) is 0 Å². The van der Waals surface area contributed by atoms with Gasteiger partial charge >= 0.3 is 0 Å². The van der Waals surface area contributed by atoms with Crippen molar-refractivity contribution in [2.24, 2.45) is 0 Å². The van der Waals surface area contributed by atoms with Crippen LogP contribution in [0.3, 0.4) is 0 Å². The number of benzene rings is 4. The van der Waals surface area contributed by atoms with Gasteiger partial charge in [0.05, 0.1) is 0 Å². The van der Waals surface area contributed by atoms with Gasteiger partial charge < -0.3 is 4.57 Å². The molecular formula is C29H23OP. The average Bonchev–Trinajstić information content (AvgIpc) is 2.99. The molecule has 2 aliphatic rings. The summed E-state index contributed by atoms with van der Waals surface area (Å²) in [5.41, 5.74) is 7.14. The maximum atomic E-state index is 15.2. The molecule has 1 aliphatic carbocycles. The number of fused-ring (bicyclic) bond motifs is 6. The first-order chi connectivity index (χ1) is 15.0. The average molecular weight is 418 g/mol. The Labute approximate surface area is 183 Å². The van der Waals surface area contributed by atoms with Gasteiger partial charge in [-0.1, -0.05) is 117 Å². The molecule has 0 N–H and O–H groups in total. The topological polar surface area (TPSA) is 17.1 Å². The van der Waals surface area contributed by atoms with Crippen LogP contribution in [0.1, 0.15) is 36.1 Å². The monoisotopic (exact) mass is 418 g/mol. The van der Waals surface area contributed by atoms with Gasteiger partial charge in [0.1, 0.15) is 0 Å². The lowest BCUT2D eigenvalue weighted by Crippen LogP contribution is -2.29. The van der Waals surface area contributed by atoms with E-state index in [2.05, 4.69) is 74.5 Å². The van der Waals surface area contributed by atoms with E-state index in [1.807, 2.05) is 42.5 Å². The molecule has 4 aromatic rings. The van der Waals surface area contributed by atoms with Crippen LogP contribution in [0.2, 0.25) is 0 Å². The Hall–Kier alpha value is -3.15. The van der Waals surface area contributed by atoms with E-state index in [9.17, 15) is 0 Å². The van der Waals surface area contributed by atoms with Crippen molar-refractivity contribution >= 4 is 34.2 Å².